The third-order valence-electron chi connectivity index (χ3n) is 6.48. The lowest BCUT2D eigenvalue weighted by Crippen LogP contribution is -2.27. The molecule has 37 heavy (non-hydrogen) atoms. The fourth-order valence-corrected chi connectivity index (χ4v) is 4.36. The van der Waals surface area contributed by atoms with Gasteiger partial charge in [0.25, 0.3) is 0 Å². The number of nitrogens with zero attached hydrogens (tertiary/aromatic N) is 6. The predicted octanol–water partition coefficient (Wildman–Crippen LogP) is 5.01. The Kier molecular flexibility index (Phi) is 7.20. The third-order valence-corrected chi connectivity index (χ3v) is 6.48. The zero-order valence-corrected chi connectivity index (χ0v) is 20.7. The molecule has 5 aromatic rings. The second-order valence-electron chi connectivity index (χ2n) is 9.28. The van der Waals surface area contributed by atoms with Crippen LogP contribution in [0.15, 0.2) is 85.2 Å². The molecule has 0 atom stereocenters. The van der Waals surface area contributed by atoms with E-state index in [9.17, 15) is 5.11 Å². The number of benzene rings is 3. The van der Waals surface area contributed by atoms with Gasteiger partial charge in [-0.25, -0.2) is 4.98 Å². The summed E-state index contributed by atoms with van der Waals surface area (Å²) < 4.78 is 2.04. The highest BCUT2D eigenvalue weighted by Gasteiger charge is 2.14. The van der Waals surface area contributed by atoms with Crippen molar-refractivity contribution in [3.63, 3.8) is 0 Å². The van der Waals surface area contributed by atoms with Crippen molar-refractivity contribution >= 4 is 10.9 Å². The summed E-state index contributed by atoms with van der Waals surface area (Å²) in [6, 6.07) is 27.8. The Morgan fingerprint density at radius 3 is 2.49 bits per heavy atom. The van der Waals surface area contributed by atoms with E-state index in [-0.39, 0.29) is 5.75 Å². The molecule has 0 saturated carbocycles. The van der Waals surface area contributed by atoms with Crippen LogP contribution in [0, 0.1) is 18.3 Å². The number of para-hydroxylation sites is 1. The van der Waals surface area contributed by atoms with Crippen LogP contribution in [0.2, 0.25) is 0 Å². The number of phenols is 1. The summed E-state index contributed by atoms with van der Waals surface area (Å²) in [5, 5.41) is 28.9. The molecule has 7 nitrogen and oxygen atoms in total. The van der Waals surface area contributed by atoms with Crippen LogP contribution in [0.3, 0.4) is 0 Å². The second kappa shape index (κ2) is 11.0. The van der Waals surface area contributed by atoms with E-state index in [4.69, 9.17) is 10.2 Å². The van der Waals surface area contributed by atoms with Crippen molar-refractivity contribution in [3.8, 4) is 11.8 Å². The van der Waals surface area contributed by atoms with E-state index in [2.05, 4.69) is 52.4 Å². The highest BCUT2D eigenvalue weighted by Crippen LogP contribution is 2.23. The topological polar surface area (TPSA) is 90.9 Å². The maximum atomic E-state index is 10.3. The van der Waals surface area contributed by atoms with E-state index in [0.29, 0.717) is 30.7 Å². The number of phenolic OH excluding ortho intramolecular Hbond substituents is 1. The highest BCUT2D eigenvalue weighted by molar-refractivity contribution is 5.84. The fourth-order valence-electron chi connectivity index (χ4n) is 4.36. The molecule has 0 spiro atoms. The van der Waals surface area contributed by atoms with Crippen molar-refractivity contribution in [1.82, 2.24) is 24.6 Å². The van der Waals surface area contributed by atoms with Gasteiger partial charge in [-0.1, -0.05) is 60.2 Å². The summed E-state index contributed by atoms with van der Waals surface area (Å²) in [6.45, 7) is 4.75. The number of fused-ring (bicyclic) bond motifs is 1. The number of pyridine rings is 1. The molecule has 0 fully saturated rings. The van der Waals surface area contributed by atoms with Crippen LogP contribution in [0.25, 0.3) is 10.9 Å². The molecule has 5 rings (SSSR count). The van der Waals surface area contributed by atoms with E-state index < -0.39 is 0 Å². The van der Waals surface area contributed by atoms with Gasteiger partial charge in [-0.05, 0) is 48.7 Å². The predicted molar refractivity (Wildman–Crippen MR) is 143 cm³/mol. The van der Waals surface area contributed by atoms with Crippen LogP contribution in [-0.4, -0.2) is 36.3 Å². The molecule has 0 radical (unpaired) electrons. The molecular weight excluding hydrogens is 460 g/mol. The molecule has 2 heterocycles. The normalized spacial score (nSPS) is 11.2. The van der Waals surface area contributed by atoms with Gasteiger partial charge in [0.2, 0.25) is 0 Å². The van der Waals surface area contributed by atoms with Gasteiger partial charge in [0, 0.05) is 18.5 Å². The molecule has 3 aromatic carbocycles. The zero-order chi connectivity index (χ0) is 25.6. The fraction of sp³-hybridized carbons (Fsp3) is 0.200. The number of rotatable bonds is 9. The largest absolute Gasteiger partial charge is 0.506 e. The molecule has 0 amide bonds. The summed E-state index contributed by atoms with van der Waals surface area (Å²) in [5.74, 6) is 1.05. The maximum absolute atomic E-state index is 10.3. The smallest absolute Gasteiger partial charge is 0.147 e. The standard InChI is InChI=1S/C30H28N6O/c1-22-5-7-23(8-6-22)15-16-35(19-27-14-13-26-3-2-4-28(37)30(26)33-27)20-29-34-32-21-36(29)18-25-11-9-24(17-31)10-12-25/h2-14,21,37H,15-16,18-20H2,1H3. The SMILES string of the molecule is Cc1ccc(CCN(Cc2ccc3cccc(O)c3n2)Cc2nncn2Cc2ccc(C#N)cc2)cc1. The van der Waals surface area contributed by atoms with E-state index >= 15 is 0 Å². The van der Waals surface area contributed by atoms with Crippen LogP contribution in [-0.2, 0) is 26.1 Å². The third kappa shape index (κ3) is 6.00. The average molecular weight is 489 g/mol. The molecule has 7 heteroatoms. The molecule has 0 aliphatic carbocycles. The quantitative estimate of drug-likeness (QED) is 0.314. The van der Waals surface area contributed by atoms with Gasteiger partial charge in [-0.2, -0.15) is 5.26 Å². The first-order valence-electron chi connectivity index (χ1n) is 12.3. The molecule has 0 aliphatic heterocycles. The monoisotopic (exact) mass is 488 g/mol. The molecule has 0 unspecified atom stereocenters. The van der Waals surface area contributed by atoms with Gasteiger partial charge in [0.1, 0.15) is 23.4 Å². The van der Waals surface area contributed by atoms with Crippen LogP contribution >= 0.6 is 0 Å². The lowest BCUT2D eigenvalue weighted by atomic mass is 10.1. The summed E-state index contributed by atoms with van der Waals surface area (Å²) in [6.07, 6.45) is 2.64. The number of aryl methyl sites for hydroxylation is 1. The minimum absolute atomic E-state index is 0.188. The number of aromatic hydroxyl groups is 1. The van der Waals surface area contributed by atoms with Gasteiger partial charge >= 0.3 is 0 Å². The van der Waals surface area contributed by atoms with Crippen LogP contribution in [0.5, 0.6) is 5.75 Å². The minimum Gasteiger partial charge on any atom is -0.506 e. The van der Waals surface area contributed by atoms with Crippen molar-refractivity contribution in [1.29, 1.82) is 5.26 Å². The number of hydrogen-bond donors (Lipinski definition) is 1. The summed E-state index contributed by atoms with van der Waals surface area (Å²) in [7, 11) is 0. The van der Waals surface area contributed by atoms with Crippen molar-refractivity contribution in [3.05, 3.63) is 119 Å². The van der Waals surface area contributed by atoms with Crippen LogP contribution in [0.1, 0.15) is 33.8 Å². The summed E-state index contributed by atoms with van der Waals surface area (Å²) in [4.78, 5) is 7.07. The van der Waals surface area contributed by atoms with Gasteiger partial charge in [0.15, 0.2) is 0 Å². The van der Waals surface area contributed by atoms with Gasteiger partial charge in [-0.15, -0.1) is 10.2 Å². The molecule has 184 valence electrons. The maximum Gasteiger partial charge on any atom is 0.147 e. The van der Waals surface area contributed by atoms with E-state index in [1.54, 1.807) is 12.4 Å². The van der Waals surface area contributed by atoms with E-state index in [1.165, 1.54) is 11.1 Å². The Balaban J connectivity index is 1.37. The molecule has 1 N–H and O–H groups in total. The number of aromatic nitrogens is 4. The lowest BCUT2D eigenvalue weighted by Gasteiger charge is -2.22. The van der Waals surface area contributed by atoms with Crippen molar-refractivity contribution in [2.75, 3.05) is 6.54 Å². The second-order valence-corrected chi connectivity index (χ2v) is 9.28. The lowest BCUT2D eigenvalue weighted by molar-refractivity contribution is 0.247. The van der Waals surface area contributed by atoms with Gasteiger partial charge in [-0.3, -0.25) is 4.90 Å². The zero-order valence-electron chi connectivity index (χ0n) is 20.7. The molecule has 0 aliphatic rings. The van der Waals surface area contributed by atoms with Crippen molar-refractivity contribution < 1.29 is 5.11 Å². The first kappa shape index (κ1) is 24.2. The average Bonchev–Trinajstić information content (AvgIpc) is 3.35. The van der Waals surface area contributed by atoms with Crippen LogP contribution < -0.4 is 0 Å². The van der Waals surface area contributed by atoms with Gasteiger partial charge in [0.05, 0.1) is 30.4 Å². The first-order valence-corrected chi connectivity index (χ1v) is 12.3. The Morgan fingerprint density at radius 2 is 1.70 bits per heavy atom. The molecule has 0 bridgehead atoms. The van der Waals surface area contributed by atoms with Crippen LogP contribution in [0.4, 0.5) is 0 Å². The number of nitriles is 1. The van der Waals surface area contributed by atoms with E-state index in [1.807, 2.05) is 53.1 Å². The Labute approximate surface area is 216 Å². The minimum atomic E-state index is 0.188. The van der Waals surface area contributed by atoms with E-state index in [0.717, 1.165) is 35.4 Å². The van der Waals surface area contributed by atoms with Gasteiger partial charge < -0.3 is 9.67 Å². The first-order chi connectivity index (χ1) is 18.1. The highest BCUT2D eigenvalue weighted by atomic mass is 16.3. The van der Waals surface area contributed by atoms with Crippen molar-refractivity contribution in [2.45, 2.75) is 33.0 Å². The molecule has 0 saturated heterocycles. The molecule has 2 aromatic heterocycles. The number of hydrogen-bond acceptors (Lipinski definition) is 6. The Morgan fingerprint density at radius 1 is 0.919 bits per heavy atom. The summed E-state index contributed by atoms with van der Waals surface area (Å²) in [5.41, 5.74) is 5.75. The Bertz CT molecular complexity index is 1530. The van der Waals surface area contributed by atoms with Crippen molar-refractivity contribution in [2.24, 2.45) is 0 Å². The summed E-state index contributed by atoms with van der Waals surface area (Å²) >= 11 is 0. The Hall–Kier alpha value is -4.54. The molecular formula is C30H28N6O.